The van der Waals surface area contributed by atoms with E-state index in [-0.39, 0.29) is 0 Å². The van der Waals surface area contributed by atoms with E-state index in [1.165, 1.54) is 0 Å². The summed E-state index contributed by atoms with van der Waals surface area (Å²) in [5.41, 5.74) is 3.84. The highest BCUT2D eigenvalue weighted by atomic mass is 16.1. The summed E-state index contributed by atoms with van der Waals surface area (Å²) in [6.07, 6.45) is 0.837. The van der Waals surface area contributed by atoms with Crippen molar-refractivity contribution in [2.75, 3.05) is 0 Å². The van der Waals surface area contributed by atoms with Crippen LogP contribution >= 0.6 is 0 Å². The molecule has 2 aromatic rings. The SMILES string of the molecule is Cc1cc(-c2ccccc2)c[c]c1C=O. The van der Waals surface area contributed by atoms with Gasteiger partial charge in [0.2, 0.25) is 0 Å². The number of rotatable bonds is 2. The van der Waals surface area contributed by atoms with E-state index in [0.717, 1.165) is 23.0 Å². The van der Waals surface area contributed by atoms with Crippen molar-refractivity contribution in [3.05, 3.63) is 59.7 Å². The van der Waals surface area contributed by atoms with Gasteiger partial charge in [-0.05, 0) is 35.7 Å². The van der Waals surface area contributed by atoms with Crippen molar-refractivity contribution >= 4 is 6.29 Å². The van der Waals surface area contributed by atoms with Gasteiger partial charge in [-0.25, -0.2) is 0 Å². The molecule has 0 N–H and O–H groups in total. The van der Waals surface area contributed by atoms with Gasteiger partial charge in [-0.2, -0.15) is 0 Å². The van der Waals surface area contributed by atoms with Crippen LogP contribution in [-0.2, 0) is 0 Å². The van der Waals surface area contributed by atoms with E-state index >= 15 is 0 Å². The van der Waals surface area contributed by atoms with Crippen molar-refractivity contribution in [1.82, 2.24) is 0 Å². The molecule has 15 heavy (non-hydrogen) atoms. The first-order valence-electron chi connectivity index (χ1n) is 4.84. The number of aryl methyl sites for hydroxylation is 1. The summed E-state index contributed by atoms with van der Waals surface area (Å²) in [5.74, 6) is 0. The van der Waals surface area contributed by atoms with Crippen LogP contribution in [0.1, 0.15) is 15.9 Å². The maximum absolute atomic E-state index is 10.6. The minimum absolute atomic E-state index is 0.634. The Morgan fingerprint density at radius 2 is 1.87 bits per heavy atom. The zero-order valence-electron chi connectivity index (χ0n) is 8.53. The highest BCUT2D eigenvalue weighted by molar-refractivity contribution is 5.79. The standard InChI is InChI=1S/C14H11O/c1-11-9-13(7-8-14(11)10-15)12-5-3-2-4-6-12/h2-7,9-10H,1H3. The third-order valence-corrected chi connectivity index (χ3v) is 2.40. The Labute approximate surface area is 89.4 Å². The molecule has 0 saturated heterocycles. The van der Waals surface area contributed by atoms with E-state index in [1.54, 1.807) is 0 Å². The van der Waals surface area contributed by atoms with Crippen LogP contribution in [0, 0.1) is 13.0 Å². The molecule has 1 heteroatoms. The van der Waals surface area contributed by atoms with Crippen LogP contribution in [-0.4, -0.2) is 6.29 Å². The first-order chi connectivity index (χ1) is 7.31. The quantitative estimate of drug-likeness (QED) is 0.672. The van der Waals surface area contributed by atoms with E-state index in [4.69, 9.17) is 0 Å². The second kappa shape index (κ2) is 4.09. The van der Waals surface area contributed by atoms with Gasteiger partial charge in [-0.3, -0.25) is 4.79 Å². The van der Waals surface area contributed by atoms with Crippen LogP contribution in [0.25, 0.3) is 11.1 Å². The van der Waals surface area contributed by atoms with E-state index in [0.29, 0.717) is 5.56 Å². The first kappa shape index (κ1) is 9.66. The van der Waals surface area contributed by atoms with Crippen LogP contribution in [0.5, 0.6) is 0 Å². The zero-order chi connectivity index (χ0) is 10.7. The monoisotopic (exact) mass is 195 g/mol. The predicted octanol–water partition coefficient (Wildman–Crippen LogP) is 3.27. The Balaban J connectivity index is 2.47. The number of hydrogen-bond donors (Lipinski definition) is 0. The molecule has 2 rings (SSSR count). The second-order valence-corrected chi connectivity index (χ2v) is 3.47. The van der Waals surface area contributed by atoms with Gasteiger partial charge in [-0.15, -0.1) is 0 Å². The lowest BCUT2D eigenvalue weighted by Crippen LogP contribution is -1.87. The Morgan fingerprint density at radius 3 is 2.47 bits per heavy atom. The van der Waals surface area contributed by atoms with Gasteiger partial charge in [0.05, 0.1) is 0 Å². The van der Waals surface area contributed by atoms with E-state index in [9.17, 15) is 4.79 Å². The molecule has 0 aliphatic heterocycles. The molecular formula is C14H11O. The van der Waals surface area contributed by atoms with Gasteiger partial charge < -0.3 is 0 Å². The maximum atomic E-state index is 10.6. The molecule has 0 heterocycles. The molecular weight excluding hydrogens is 184 g/mol. The molecule has 0 aliphatic carbocycles. The van der Waals surface area contributed by atoms with Gasteiger partial charge in [0.15, 0.2) is 6.29 Å². The van der Waals surface area contributed by atoms with Crippen LogP contribution in [0.3, 0.4) is 0 Å². The molecule has 0 spiro atoms. The Bertz CT molecular complexity index is 472. The molecule has 1 radical (unpaired) electrons. The van der Waals surface area contributed by atoms with Gasteiger partial charge in [0, 0.05) is 5.56 Å². The molecule has 0 bridgehead atoms. The molecule has 0 unspecified atom stereocenters. The van der Waals surface area contributed by atoms with Crippen molar-refractivity contribution in [1.29, 1.82) is 0 Å². The van der Waals surface area contributed by atoms with Gasteiger partial charge in [-0.1, -0.05) is 36.4 Å². The second-order valence-electron chi connectivity index (χ2n) is 3.47. The van der Waals surface area contributed by atoms with Crippen molar-refractivity contribution in [2.45, 2.75) is 6.92 Å². The minimum Gasteiger partial charge on any atom is -0.298 e. The highest BCUT2D eigenvalue weighted by Gasteiger charge is 2.00. The number of benzene rings is 2. The van der Waals surface area contributed by atoms with Crippen molar-refractivity contribution in [3.63, 3.8) is 0 Å². The summed E-state index contributed by atoms with van der Waals surface area (Å²) < 4.78 is 0. The normalized spacial score (nSPS) is 9.93. The maximum Gasteiger partial charge on any atom is 0.150 e. The topological polar surface area (TPSA) is 17.1 Å². The summed E-state index contributed by atoms with van der Waals surface area (Å²) in [6.45, 7) is 1.92. The molecule has 0 aliphatic rings. The third-order valence-electron chi connectivity index (χ3n) is 2.40. The average Bonchev–Trinajstić information content (AvgIpc) is 2.30. The number of carbonyl (C=O) groups is 1. The fraction of sp³-hybridized carbons (Fsp3) is 0.0714. The minimum atomic E-state index is 0.634. The number of aldehydes is 1. The fourth-order valence-electron chi connectivity index (χ4n) is 1.55. The zero-order valence-corrected chi connectivity index (χ0v) is 8.53. The molecule has 0 atom stereocenters. The largest absolute Gasteiger partial charge is 0.298 e. The predicted molar refractivity (Wildman–Crippen MR) is 60.8 cm³/mol. The lowest BCUT2D eigenvalue weighted by Gasteiger charge is -2.03. The Kier molecular flexibility index (Phi) is 2.64. The molecule has 0 fully saturated rings. The van der Waals surface area contributed by atoms with Crippen LogP contribution in [0.4, 0.5) is 0 Å². The van der Waals surface area contributed by atoms with E-state index < -0.39 is 0 Å². The smallest absolute Gasteiger partial charge is 0.150 e. The first-order valence-corrected chi connectivity index (χ1v) is 4.84. The summed E-state index contributed by atoms with van der Waals surface area (Å²) >= 11 is 0. The number of carbonyl (C=O) groups excluding carboxylic acids is 1. The molecule has 1 nitrogen and oxygen atoms in total. The molecule has 0 aromatic heterocycles. The highest BCUT2D eigenvalue weighted by Crippen LogP contribution is 2.20. The summed E-state index contributed by atoms with van der Waals surface area (Å²) in [7, 11) is 0. The Morgan fingerprint density at radius 1 is 1.13 bits per heavy atom. The molecule has 2 aromatic carbocycles. The van der Waals surface area contributed by atoms with E-state index in [2.05, 4.69) is 6.07 Å². The van der Waals surface area contributed by atoms with Gasteiger partial charge in [0.25, 0.3) is 0 Å². The lowest BCUT2D eigenvalue weighted by atomic mass is 10.0. The van der Waals surface area contributed by atoms with Crippen LogP contribution in [0.15, 0.2) is 42.5 Å². The van der Waals surface area contributed by atoms with Crippen LogP contribution < -0.4 is 0 Å². The van der Waals surface area contributed by atoms with Crippen molar-refractivity contribution in [3.8, 4) is 11.1 Å². The Hall–Kier alpha value is -1.89. The summed E-state index contributed by atoms with van der Waals surface area (Å²) in [4.78, 5) is 10.6. The summed E-state index contributed by atoms with van der Waals surface area (Å²) in [5, 5.41) is 0. The lowest BCUT2D eigenvalue weighted by molar-refractivity contribution is 0.112. The van der Waals surface area contributed by atoms with Crippen molar-refractivity contribution in [2.24, 2.45) is 0 Å². The number of hydrogen-bond acceptors (Lipinski definition) is 1. The van der Waals surface area contributed by atoms with Gasteiger partial charge >= 0.3 is 0 Å². The molecule has 73 valence electrons. The van der Waals surface area contributed by atoms with Gasteiger partial charge in [0.1, 0.15) is 0 Å². The summed E-state index contributed by atoms with van der Waals surface area (Å²) in [6, 6.07) is 16.9. The molecule has 0 saturated carbocycles. The average molecular weight is 195 g/mol. The fourth-order valence-corrected chi connectivity index (χ4v) is 1.55. The molecule has 0 amide bonds. The van der Waals surface area contributed by atoms with E-state index in [1.807, 2.05) is 49.4 Å². The van der Waals surface area contributed by atoms with Crippen LogP contribution in [0.2, 0.25) is 0 Å². The third kappa shape index (κ3) is 1.96. The van der Waals surface area contributed by atoms with Crippen molar-refractivity contribution < 1.29 is 4.79 Å².